The number of esters is 2. The van der Waals surface area contributed by atoms with Gasteiger partial charge in [-0.05, 0) is 51.4 Å². The molecule has 0 spiro atoms. The zero-order valence-electron chi connectivity index (χ0n) is 36.0. The van der Waals surface area contributed by atoms with Gasteiger partial charge in [-0.1, -0.05) is 147 Å². The van der Waals surface area contributed by atoms with Gasteiger partial charge in [0.25, 0.3) is 10.1 Å². The summed E-state index contributed by atoms with van der Waals surface area (Å²) in [5.74, 6) is -1.98. The van der Waals surface area contributed by atoms with Gasteiger partial charge in [-0.2, -0.15) is 8.42 Å². The molecule has 0 radical (unpaired) electrons. The second kappa shape index (κ2) is 35.8. The van der Waals surface area contributed by atoms with Gasteiger partial charge < -0.3 is 34.3 Å². The van der Waals surface area contributed by atoms with Crippen LogP contribution in [0.4, 0.5) is 0 Å². The van der Waals surface area contributed by atoms with Crippen molar-refractivity contribution in [1.29, 1.82) is 0 Å². The van der Waals surface area contributed by atoms with E-state index >= 15 is 0 Å². The van der Waals surface area contributed by atoms with Gasteiger partial charge in [-0.25, -0.2) is 0 Å². The summed E-state index contributed by atoms with van der Waals surface area (Å²) in [6.45, 7) is 5.27. The monoisotopic (exact) mass is 847 g/mol. The topological polar surface area (TPSA) is 186 Å². The Kier molecular flexibility index (Phi) is 33.5. The van der Waals surface area contributed by atoms with Gasteiger partial charge in [-0.3, -0.25) is 14.1 Å². The SMILES string of the molecule is C=CCCCCCCCCCCCCCCCC(=O)OC[C@H](CO[C@H]1O[C@H](CS(=O)(=O)O)[C@@H](O)C(O)C1O)OC(=O)CCCCCCCCC/C=C/CCCCCC. The zero-order chi connectivity index (χ0) is 42.7. The van der Waals surface area contributed by atoms with Crippen LogP contribution in [0.5, 0.6) is 0 Å². The van der Waals surface area contributed by atoms with E-state index in [1.165, 1.54) is 103 Å². The minimum atomic E-state index is -4.60. The number of carbonyl (C=O) groups excluding carboxylic acids is 2. The molecule has 0 aromatic rings. The van der Waals surface area contributed by atoms with Crippen LogP contribution in [0.25, 0.3) is 0 Å². The summed E-state index contributed by atoms with van der Waals surface area (Å²) in [6, 6.07) is 0. The minimum absolute atomic E-state index is 0.161. The van der Waals surface area contributed by atoms with Crippen molar-refractivity contribution in [3.63, 3.8) is 0 Å². The molecule has 0 aliphatic carbocycles. The van der Waals surface area contributed by atoms with E-state index in [1.807, 2.05) is 6.08 Å². The first-order valence-corrected chi connectivity index (χ1v) is 24.5. The number of aliphatic hydroxyl groups is 3. The average molecular weight is 847 g/mol. The largest absolute Gasteiger partial charge is 0.462 e. The first kappa shape index (κ1) is 54.1. The van der Waals surface area contributed by atoms with Crippen molar-refractivity contribution in [2.45, 2.75) is 230 Å². The summed E-state index contributed by atoms with van der Waals surface area (Å²) < 4.78 is 54.1. The maximum Gasteiger partial charge on any atom is 0.306 e. The predicted octanol–water partition coefficient (Wildman–Crippen LogP) is 9.23. The molecule has 0 aromatic heterocycles. The van der Waals surface area contributed by atoms with Crippen molar-refractivity contribution in [2.24, 2.45) is 0 Å². The van der Waals surface area contributed by atoms with Crippen LogP contribution in [0.2, 0.25) is 0 Å². The zero-order valence-corrected chi connectivity index (χ0v) is 36.8. The fourth-order valence-corrected chi connectivity index (χ4v) is 7.75. The van der Waals surface area contributed by atoms with Gasteiger partial charge in [0.1, 0.15) is 36.8 Å². The lowest BCUT2D eigenvalue weighted by molar-refractivity contribution is -0.297. The van der Waals surface area contributed by atoms with E-state index in [0.717, 1.165) is 57.8 Å². The van der Waals surface area contributed by atoms with Crippen molar-refractivity contribution < 1.29 is 56.8 Å². The molecule has 6 atom stereocenters. The third-order valence-corrected chi connectivity index (χ3v) is 11.4. The minimum Gasteiger partial charge on any atom is -0.462 e. The predicted molar refractivity (Wildman–Crippen MR) is 229 cm³/mol. The van der Waals surface area contributed by atoms with Crippen molar-refractivity contribution in [3.8, 4) is 0 Å². The fourth-order valence-electron chi connectivity index (χ4n) is 7.06. The molecule has 1 aliphatic heterocycles. The molecule has 0 amide bonds. The Bertz CT molecular complexity index is 1160. The number of hydrogen-bond acceptors (Lipinski definition) is 11. The molecule has 4 N–H and O–H groups in total. The summed E-state index contributed by atoms with van der Waals surface area (Å²) >= 11 is 0. The van der Waals surface area contributed by atoms with E-state index in [1.54, 1.807) is 0 Å². The van der Waals surface area contributed by atoms with E-state index < -0.39 is 71.2 Å². The average Bonchev–Trinajstić information content (AvgIpc) is 3.18. The summed E-state index contributed by atoms with van der Waals surface area (Å²) in [5.41, 5.74) is 0. The molecule has 0 bridgehead atoms. The Balaban J connectivity index is 2.43. The molecular formula is C45H82O12S. The van der Waals surface area contributed by atoms with E-state index in [2.05, 4.69) is 25.7 Å². The lowest BCUT2D eigenvalue weighted by Gasteiger charge is -2.40. The van der Waals surface area contributed by atoms with Crippen LogP contribution in [0, 0.1) is 0 Å². The molecule has 340 valence electrons. The van der Waals surface area contributed by atoms with Crippen LogP contribution in [-0.2, 0) is 38.7 Å². The van der Waals surface area contributed by atoms with Crippen molar-refractivity contribution >= 4 is 22.1 Å². The summed E-state index contributed by atoms with van der Waals surface area (Å²) in [7, 11) is -4.60. The number of hydrogen-bond donors (Lipinski definition) is 4. The van der Waals surface area contributed by atoms with Crippen LogP contribution < -0.4 is 0 Å². The Morgan fingerprint density at radius 3 is 1.55 bits per heavy atom. The second-order valence-corrected chi connectivity index (χ2v) is 17.6. The van der Waals surface area contributed by atoms with Crippen LogP contribution in [0.15, 0.2) is 24.8 Å². The Hall–Kier alpha value is -1.87. The van der Waals surface area contributed by atoms with Gasteiger partial charge in [0, 0.05) is 12.8 Å². The summed E-state index contributed by atoms with van der Waals surface area (Å²) in [5, 5.41) is 30.9. The maximum absolute atomic E-state index is 12.8. The number of ether oxygens (including phenoxy) is 4. The van der Waals surface area contributed by atoms with Crippen molar-refractivity contribution in [3.05, 3.63) is 24.8 Å². The van der Waals surface area contributed by atoms with E-state index in [9.17, 15) is 37.9 Å². The number of allylic oxidation sites excluding steroid dienone is 3. The van der Waals surface area contributed by atoms with Crippen LogP contribution in [-0.4, -0.2) is 96.0 Å². The first-order valence-electron chi connectivity index (χ1n) is 22.9. The molecule has 0 aromatic carbocycles. The molecule has 0 saturated carbocycles. The van der Waals surface area contributed by atoms with Gasteiger partial charge in [0.15, 0.2) is 12.4 Å². The molecule has 1 rings (SSSR count). The van der Waals surface area contributed by atoms with Gasteiger partial charge >= 0.3 is 11.9 Å². The first-order chi connectivity index (χ1) is 28.0. The molecule has 58 heavy (non-hydrogen) atoms. The van der Waals surface area contributed by atoms with Crippen LogP contribution >= 0.6 is 0 Å². The Morgan fingerprint density at radius 1 is 0.621 bits per heavy atom. The molecule has 13 heteroatoms. The van der Waals surface area contributed by atoms with Gasteiger partial charge in [-0.15, -0.1) is 6.58 Å². The molecule has 12 nitrogen and oxygen atoms in total. The summed E-state index contributed by atoms with van der Waals surface area (Å²) in [6.07, 6.45) is 28.2. The quantitative estimate of drug-likeness (QED) is 0.0199. The highest BCUT2D eigenvalue weighted by Gasteiger charge is 2.46. The number of rotatable bonds is 39. The molecule has 1 fully saturated rings. The molecule has 1 aliphatic rings. The normalized spacial score (nSPS) is 20.3. The maximum atomic E-state index is 12.8. The van der Waals surface area contributed by atoms with Crippen LogP contribution in [0.3, 0.4) is 0 Å². The highest BCUT2D eigenvalue weighted by atomic mass is 32.2. The number of aliphatic hydroxyl groups excluding tert-OH is 3. The molecular weight excluding hydrogens is 765 g/mol. The van der Waals surface area contributed by atoms with Crippen LogP contribution in [0.1, 0.15) is 193 Å². The van der Waals surface area contributed by atoms with E-state index in [4.69, 9.17) is 18.9 Å². The fraction of sp³-hybridized carbons (Fsp3) is 0.867. The van der Waals surface area contributed by atoms with E-state index in [-0.39, 0.29) is 19.4 Å². The van der Waals surface area contributed by atoms with E-state index in [0.29, 0.717) is 12.8 Å². The highest BCUT2D eigenvalue weighted by Crippen LogP contribution is 2.24. The third kappa shape index (κ3) is 30.2. The Labute approximate surface area is 351 Å². The smallest absolute Gasteiger partial charge is 0.306 e. The number of unbranched alkanes of at least 4 members (excludes halogenated alkanes) is 24. The second-order valence-electron chi connectivity index (χ2n) is 16.1. The standard InChI is InChI=1S/C45H82O12S/c1-3-5-7-9-11-13-15-17-19-21-23-25-27-29-31-33-40(46)54-35-38(36-55-45-44(50)43(49)42(48)39(57-45)37-58(51,52)53)56-41(47)34-32-30-28-26-24-22-20-18-16-14-12-10-8-6-4-2/h3,14,16,38-39,42-45,48-50H,1,4-13,15,17-37H2,2H3,(H,51,52,53)/b16-14+/t38-,39-,42-,43?,44?,45+/m1/s1. The van der Waals surface area contributed by atoms with Crippen molar-refractivity contribution in [1.82, 2.24) is 0 Å². The lowest BCUT2D eigenvalue weighted by Crippen LogP contribution is -2.60. The summed E-state index contributed by atoms with van der Waals surface area (Å²) in [4.78, 5) is 25.4. The Morgan fingerprint density at radius 2 is 1.07 bits per heavy atom. The van der Waals surface area contributed by atoms with Gasteiger partial charge in [0.05, 0.1) is 6.61 Å². The van der Waals surface area contributed by atoms with Crippen molar-refractivity contribution in [2.75, 3.05) is 19.0 Å². The number of carbonyl (C=O) groups is 2. The molecule has 2 unspecified atom stereocenters. The highest BCUT2D eigenvalue weighted by molar-refractivity contribution is 7.85. The van der Waals surface area contributed by atoms with Gasteiger partial charge in [0.2, 0.25) is 0 Å². The third-order valence-electron chi connectivity index (χ3n) is 10.6. The molecule has 1 saturated heterocycles. The molecule has 1 heterocycles. The lowest BCUT2D eigenvalue weighted by atomic mass is 10.00.